The molecule has 4 rings (SSSR count). The molecule has 2 saturated carbocycles. The molecule has 2 nitrogen and oxygen atoms in total. The standard InChI is InChI=1S/C31H39F5O2/c1-3-5-20-6-8-21(9-7-20)22-10-14-24(15-11-22)31(35,36)38-27-19-18-26(29(32)28(27)30(33)34)23-12-16-25(17-13-23)37-4-2/h12-13,16-22,24,30H,3-11,14-15H2,1-2H3. The van der Waals surface area contributed by atoms with Gasteiger partial charge in [0.1, 0.15) is 17.3 Å². The fourth-order valence-electron chi connectivity index (χ4n) is 6.50. The number of ether oxygens (including phenoxy) is 2. The van der Waals surface area contributed by atoms with Crippen LogP contribution in [-0.2, 0) is 0 Å². The highest BCUT2D eigenvalue weighted by molar-refractivity contribution is 5.67. The van der Waals surface area contributed by atoms with Crippen molar-refractivity contribution in [2.24, 2.45) is 23.7 Å². The van der Waals surface area contributed by atoms with Gasteiger partial charge in [0.05, 0.1) is 18.1 Å². The van der Waals surface area contributed by atoms with Crippen LogP contribution in [0.5, 0.6) is 11.5 Å². The van der Waals surface area contributed by atoms with Crippen LogP contribution in [0.2, 0.25) is 0 Å². The van der Waals surface area contributed by atoms with E-state index in [1.54, 1.807) is 24.3 Å². The topological polar surface area (TPSA) is 18.5 Å². The Kier molecular flexibility index (Phi) is 9.59. The van der Waals surface area contributed by atoms with Crippen LogP contribution in [0.3, 0.4) is 0 Å². The molecule has 0 aliphatic heterocycles. The number of benzene rings is 2. The molecule has 0 saturated heterocycles. The first-order valence-corrected chi connectivity index (χ1v) is 14.1. The van der Waals surface area contributed by atoms with Crippen molar-refractivity contribution in [1.29, 1.82) is 0 Å². The molecule has 210 valence electrons. The molecule has 0 spiro atoms. The third-order valence-corrected chi connectivity index (χ3v) is 8.58. The van der Waals surface area contributed by atoms with Crippen LogP contribution in [0.4, 0.5) is 22.0 Å². The molecule has 2 aromatic carbocycles. The van der Waals surface area contributed by atoms with Crippen molar-refractivity contribution < 1.29 is 31.4 Å². The van der Waals surface area contributed by atoms with E-state index >= 15 is 13.2 Å². The Bertz CT molecular complexity index is 1020. The van der Waals surface area contributed by atoms with Gasteiger partial charge in [-0.25, -0.2) is 13.2 Å². The van der Waals surface area contributed by atoms with Crippen molar-refractivity contribution in [3.8, 4) is 22.6 Å². The molecule has 0 N–H and O–H groups in total. The van der Waals surface area contributed by atoms with Gasteiger partial charge in [-0.15, -0.1) is 0 Å². The Labute approximate surface area is 222 Å². The third-order valence-electron chi connectivity index (χ3n) is 8.58. The first-order valence-electron chi connectivity index (χ1n) is 14.1. The molecule has 0 heterocycles. The summed E-state index contributed by atoms with van der Waals surface area (Å²) in [4.78, 5) is 0. The van der Waals surface area contributed by atoms with E-state index in [9.17, 15) is 8.78 Å². The Balaban J connectivity index is 1.42. The molecular formula is C31H39F5O2. The van der Waals surface area contributed by atoms with E-state index in [2.05, 4.69) is 6.92 Å². The lowest BCUT2D eigenvalue weighted by Gasteiger charge is -2.39. The van der Waals surface area contributed by atoms with E-state index in [1.165, 1.54) is 44.6 Å². The van der Waals surface area contributed by atoms with Gasteiger partial charge in [0.25, 0.3) is 6.43 Å². The minimum Gasteiger partial charge on any atom is -0.494 e. The first kappa shape index (κ1) is 28.7. The van der Waals surface area contributed by atoms with Gasteiger partial charge in [0, 0.05) is 5.56 Å². The maximum atomic E-state index is 15.2. The summed E-state index contributed by atoms with van der Waals surface area (Å²) in [6.07, 6.45) is 2.27. The maximum Gasteiger partial charge on any atom is 0.400 e. The van der Waals surface area contributed by atoms with Gasteiger partial charge in [-0.2, -0.15) is 8.78 Å². The highest BCUT2D eigenvalue weighted by Crippen LogP contribution is 2.47. The normalized spacial score (nSPS) is 24.4. The second-order valence-corrected chi connectivity index (χ2v) is 10.9. The van der Waals surface area contributed by atoms with Crippen LogP contribution >= 0.6 is 0 Å². The second kappa shape index (κ2) is 12.7. The van der Waals surface area contributed by atoms with Crippen molar-refractivity contribution in [2.75, 3.05) is 6.61 Å². The van der Waals surface area contributed by atoms with Crippen molar-refractivity contribution >= 4 is 0 Å². The van der Waals surface area contributed by atoms with Gasteiger partial charge in [0.2, 0.25) is 0 Å². The van der Waals surface area contributed by atoms with Crippen LogP contribution < -0.4 is 9.47 Å². The summed E-state index contributed by atoms with van der Waals surface area (Å²) in [5.41, 5.74) is -0.894. The molecule has 2 aliphatic carbocycles. The fourth-order valence-corrected chi connectivity index (χ4v) is 6.50. The lowest BCUT2D eigenvalue weighted by molar-refractivity contribution is -0.225. The van der Waals surface area contributed by atoms with Gasteiger partial charge in [-0.05, 0) is 93.0 Å². The summed E-state index contributed by atoms with van der Waals surface area (Å²) in [6.45, 7) is 4.48. The van der Waals surface area contributed by atoms with E-state index in [1.807, 2.05) is 6.92 Å². The zero-order valence-electron chi connectivity index (χ0n) is 22.3. The van der Waals surface area contributed by atoms with E-state index < -0.39 is 35.6 Å². The highest BCUT2D eigenvalue weighted by Gasteiger charge is 2.46. The monoisotopic (exact) mass is 538 g/mol. The average molecular weight is 539 g/mol. The molecule has 0 unspecified atom stereocenters. The zero-order chi connectivity index (χ0) is 27.3. The SMILES string of the molecule is CCCC1CCC(C2CCC(C(F)(F)Oc3ccc(-c4ccc(OCC)cc4)c(F)c3C(F)F)CC2)CC1. The largest absolute Gasteiger partial charge is 0.494 e. The van der Waals surface area contributed by atoms with E-state index in [-0.39, 0.29) is 18.4 Å². The smallest absolute Gasteiger partial charge is 0.400 e. The highest BCUT2D eigenvalue weighted by atomic mass is 19.3. The first-order chi connectivity index (χ1) is 18.2. The number of alkyl halides is 4. The molecule has 7 heteroatoms. The van der Waals surface area contributed by atoms with Crippen LogP contribution in [0.15, 0.2) is 36.4 Å². The second-order valence-electron chi connectivity index (χ2n) is 10.9. The number of hydrogen-bond donors (Lipinski definition) is 0. The molecule has 0 atom stereocenters. The van der Waals surface area contributed by atoms with Crippen molar-refractivity contribution in [1.82, 2.24) is 0 Å². The molecule has 0 bridgehead atoms. The number of halogens is 5. The summed E-state index contributed by atoms with van der Waals surface area (Å²) in [5.74, 6) is -0.733. The van der Waals surface area contributed by atoms with Crippen molar-refractivity contribution in [3.05, 3.63) is 47.8 Å². The van der Waals surface area contributed by atoms with Crippen molar-refractivity contribution in [3.63, 3.8) is 0 Å². The summed E-state index contributed by atoms with van der Waals surface area (Å²) in [7, 11) is 0. The van der Waals surface area contributed by atoms with Gasteiger partial charge in [-0.1, -0.05) is 44.7 Å². The summed E-state index contributed by atoms with van der Waals surface area (Å²) in [5, 5.41) is 0. The van der Waals surface area contributed by atoms with Gasteiger partial charge in [0.15, 0.2) is 0 Å². The molecular weight excluding hydrogens is 499 g/mol. The van der Waals surface area contributed by atoms with Crippen LogP contribution in [0, 0.1) is 29.5 Å². The third kappa shape index (κ3) is 6.63. The summed E-state index contributed by atoms with van der Waals surface area (Å²) >= 11 is 0. The number of hydrogen-bond acceptors (Lipinski definition) is 2. The van der Waals surface area contributed by atoms with E-state index in [4.69, 9.17) is 9.47 Å². The van der Waals surface area contributed by atoms with Gasteiger partial charge in [-0.3, -0.25) is 0 Å². The minimum absolute atomic E-state index is 0.104. The Morgan fingerprint density at radius 2 is 1.45 bits per heavy atom. The molecule has 0 radical (unpaired) electrons. The minimum atomic E-state index is -3.65. The predicted molar refractivity (Wildman–Crippen MR) is 139 cm³/mol. The lowest BCUT2D eigenvalue weighted by atomic mass is 9.68. The fraction of sp³-hybridized carbons (Fsp3) is 0.613. The molecule has 2 fully saturated rings. The predicted octanol–water partition coefficient (Wildman–Crippen LogP) is 10.2. The Morgan fingerprint density at radius 1 is 0.842 bits per heavy atom. The van der Waals surface area contributed by atoms with Gasteiger partial charge < -0.3 is 9.47 Å². The number of rotatable bonds is 10. The quantitative estimate of drug-likeness (QED) is 0.280. The summed E-state index contributed by atoms with van der Waals surface area (Å²) < 4.78 is 83.7. The maximum absolute atomic E-state index is 15.2. The molecule has 2 aromatic rings. The summed E-state index contributed by atoms with van der Waals surface area (Å²) in [6, 6.07) is 8.54. The Hall–Kier alpha value is -2.31. The van der Waals surface area contributed by atoms with Crippen molar-refractivity contribution in [2.45, 2.75) is 90.6 Å². The zero-order valence-corrected chi connectivity index (χ0v) is 22.3. The molecule has 0 aromatic heterocycles. The Morgan fingerprint density at radius 3 is 2.00 bits per heavy atom. The van der Waals surface area contributed by atoms with E-state index in [0.29, 0.717) is 42.6 Å². The molecule has 2 aliphatic rings. The van der Waals surface area contributed by atoms with Crippen LogP contribution in [0.1, 0.15) is 90.0 Å². The van der Waals surface area contributed by atoms with Crippen LogP contribution in [-0.4, -0.2) is 12.7 Å². The van der Waals surface area contributed by atoms with Crippen LogP contribution in [0.25, 0.3) is 11.1 Å². The lowest BCUT2D eigenvalue weighted by Crippen LogP contribution is -2.38. The van der Waals surface area contributed by atoms with Gasteiger partial charge >= 0.3 is 6.11 Å². The average Bonchev–Trinajstić information content (AvgIpc) is 2.90. The molecule has 38 heavy (non-hydrogen) atoms. The molecule has 0 amide bonds. The van der Waals surface area contributed by atoms with E-state index in [0.717, 1.165) is 12.0 Å².